The van der Waals surface area contributed by atoms with Crippen molar-refractivity contribution >= 4 is 17.2 Å². The lowest BCUT2D eigenvalue weighted by Crippen LogP contribution is -2.13. The maximum Gasteiger partial charge on any atom is 0.220 e. The summed E-state index contributed by atoms with van der Waals surface area (Å²) in [7, 11) is 0. The van der Waals surface area contributed by atoms with E-state index in [1.54, 1.807) is 11.3 Å². The molecule has 1 aliphatic heterocycles. The van der Waals surface area contributed by atoms with E-state index < -0.39 is 0 Å². The quantitative estimate of drug-likeness (QED) is 0.701. The fourth-order valence-electron chi connectivity index (χ4n) is 1.59. The van der Waals surface area contributed by atoms with Crippen molar-refractivity contribution < 1.29 is 4.79 Å². The zero-order valence-corrected chi connectivity index (χ0v) is 7.78. The molecule has 0 aliphatic carbocycles. The molecule has 1 N–H and O–H groups in total. The number of hydrogen-bond acceptors (Lipinski definition) is 2. The van der Waals surface area contributed by atoms with Crippen molar-refractivity contribution in [2.24, 2.45) is 0 Å². The number of carbonyl (C=O) groups excluding carboxylic acids is 1. The highest BCUT2D eigenvalue weighted by molar-refractivity contribution is 7.10. The first-order valence-corrected chi connectivity index (χ1v) is 4.96. The molecule has 64 valence electrons. The van der Waals surface area contributed by atoms with E-state index in [1.165, 1.54) is 10.4 Å². The smallest absolute Gasteiger partial charge is 0.220 e. The molecule has 0 saturated carbocycles. The fourth-order valence-corrected chi connectivity index (χ4v) is 2.63. The molecule has 0 aromatic carbocycles. The zero-order chi connectivity index (χ0) is 8.55. The highest BCUT2D eigenvalue weighted by Crippen LogP contribution is 2.29. The summed E-state index contributed by atoms with van der Waals surface area (Å²) in [6, 6.07) is 2.11. The van der Waals surface area contributed by atoms with Gasteiger partial charge in [-0.05, 0) is 23.9 Å². The molecule has 0 spiro atoms. The number of carbonyl (C=O) groups is 1. The van der Waals surface area contributed by atoms with E-state index in [-0.39, 0.29) is 5.91 Å². The zero-order valence-electron chi connectivity index (χ0n) is 6.96. The molecule has 1 aromatic heterocycles. The molecular formula is C9H11NOS. The molecule has 0 bridgehead atoms. The number of hydrogen-bond donors (Lipinski definition) is 1. The minimum atomic E-state index is 0.188. The number of amides is 1. The third kappa shape index (κ3) is 1.25. The van der Waals surface area contributed by atoms with Gasteiger partial charge in [-0.1, -0.05) is 0 Å². The van der Waals surface area contributed by atoms with Gasteiger partial charge in [0, 0.05) is 23.8 Å². The van der Waals surface area contributed by atoms with Crippen LogP contribution in [0, 0.1) is 6.92 Å². The monoisotopic (exact) mass is 181 g/mol. The van der Waals surface area contributed by atoms with E-state index in [0.29, 0.717) is 12.3 Å². The van der Waals surface area contributed by atoms with Gasteiger partial charge in [0.2, 0.25) is 5.91 Å². The normalized spacial score (nSPS) is 22.8. The van der Waals surface area contributed by atoms with Gasteiger partial charge in [-0.2, -0.15) is 0 Å². The highest BCUT2D eigenvalue weighted by atomic mass is 32.1. The van der Waals surface area contributed by atoms with Crippen LogP contribution in [0.2, 0.25) is 0 Å². The van der Waals surface area contributed by atoms with Crippen molar-refractivity contribution in [3.8, 4) is 0 Å². The number of aryl methyl sites for hydroxylation is 1. The Morgan fingerprint density at radius 3 is 3.00 bits per heavy atom. The Morgan fingerprint density at radius 2 is 2.50 bits per heavy atom. The fraction of sp³-hybridized carbons (Fsp3) is 0.444. The van der Waals surface area contributed by atoms with Gasteiger partial charge in [-0.25, -0.2) is 0 Å². The maximum absolute atomic E-state index is 11.0. The van der Waals surface area contributed by atoms with E-state index in [9.17, 15) is 4.79 Å². The van der Waals surface area contributed by atoms with E-state index >= 15 is 0 Å². The van der Waals surface area contributed by atoms with Gasteiger partial charge in [0.15, 0.2) is 0 Å². The van der Waals surface area contributed by atoms with Crippen LogP contribution < -0.4 is 5.32 Å². The van der Waals surface area contributed by atoms with Crippen LogP contribution in [0.3, 0.4) is 0 Å². The molecule has 0 radical (unpaired) electrons. The van der Waals surface area contributed by atoms with Gasteiger partial charge in [0.05, 0.1) is 0 Å². The topological polar surface area (TPSA) is 29.1 Å². The second kappa shape index (κ2) is 2.90. The summed E-state index contributed by atoms with van der Waals surface area (Å²) in [5, 5.41) is 4.94. The van der Waals surface area contributed by atoms with Crippen molar-refractivity contribution in [2.75, 3.05) is 6.54 Å². The number of nitrogens with one attached hydrogen (secondary N) is 1. The number of thiophene rings is 1. The Balaban J connectivity index is 2.21. The maximum atomic E-state index is 11.0. The van der Waals surface area contributed by atoms with Gasteiger partial charge in [0.25, 0.3) is 0 Å². The third-order valence-corrected chi connectivity index (χ3v) is 3.43. The predicted molar refractivity (Wildman–Crippen MR) is 49.4 cm³/mol. The standard InChI is InChI=1S/C9H11NOS/c1-6-2-3-12-9(6)7-4-8(11)10-5-7/h2-3,7H,4-5H2,1H3,(H,10,11). The molecule has 1 amide bonds. The molecule has 1 fully saturated rings. The van der Waals surface area contributed by atoms with Crippen molar-refractivity contribution in [3.05, 3.63) is 21.9 Å². The molecule has 1 atom stereocenters. The summed E-state index contributed by atoms with van der Waals surface area (Å²) in [6.07, 6.45) is 0.668. The molecular weight excluding hydrogens is 170 g/mol. The van der Waals surface area contributed by atoms with Gasteiger partial charge >= 0.3 is 0 Å². The van der Waals surface area contributed by atoms with E-state index in [4.69, 9.17) is 0 Å². The Kier molecular flexibility index (Phi) is 1.89. The molecule has 2 heterocycles. The molecule has 2 nitrogen and oxygen atoms in total. The second-order valence-electron chi connectivity index (χ2n) is 3.17. The predicted octanol–water partition coefficient (Wildman–Crippen LogP) is 1.66. The second-order valence-corrected chi connectivity index (χ2v) is 4.12. The summed E-state index contributed by atoms with van der Waals surface area (Å²) < 4.78 is 0. The summed E-state index contributed by atoms with van der Waals surface area (Å²) in [4.78, 5) is 12.3. The minimum absolute atomic E-state index is 0.188. The summed E-state index contributed by atoms with van der Waals surface area (Å²) in [5.74, 6) is 0.616. The van der Waals surface area contributed by atoms with Gasteiger partial charge in [-0.3, -0.25) is 4.79 Å². The summed E-state index contributed by atoms with van der Waals surface area (Å²) >= 11 is 1.76. The first-order valence-electron chi connectivity index (χ1n) is 4.08. The highest BCUT2D eigenvalue weighted by Gasteiger charge is 2.24. The van der Waals surface area contributed by atoms with E-state index in [0.717, 1.165) is 6.54 Å². The summed E-state index contributed by atoms with van der Waals surface area (Å²) in [6.45, 7) is 2.93. The van der Waals surface area contributed by atoms with Crippen molar-refractivity contribution in [3.63, 3.8) is 0 Å². The summed E-state index contributed by atoms with van der Waals surface area (Å²) in [5.41, 5.74) is 1.32. The van der Waals surface area contributed by atoms with Crippen LogP contribution in [-0.4, -0.2) is 12.5 Å². The van der Waals surface area contributed by atoms with Gasteiger partial charge in [-0.15, -0.1) is 11.3 Å². The van der Waals surface area contributed by atoms with Crippen molar-refractivity contribution in [1.29, 1.82) is 0 Å². The first kappa shape index (κ1) is 7.80. The van der Waals surface area contributed by atoms with Crippen LogP contribution in [0.4, 0.5) is 0 Å². The number of rotatable bonds is 1. The average Bonchev–Trinajstić information content (AvgIpc) is 2.58. The third-order valence-electron chi connectivity index (χ3n) is 2.25. The lowest BCUT2D eigenvalue weighted by Gasteiger charge is -2.04. The van der Waals surface area contributed by atoms with Crippen LogP contribution in [0.15, 0.2) is 11.4 Å². The van der Waals surface area contributed by atoms with E-state index in [2.05, 4.69) is 23.7 Å². The van der Waals surface area contributed by atoms with E-state index in [1.807, 2.05) is 0 Å². The Bertz CT molecular complexity index is 305. The molecule has 12 heavy (non-hydrogen) atoms. The first-order chi connectivity index (χ1) is 5.77. The molecule has 1 saturated heterocycles. The Hall–Kier alpha value is -0.830. The van der Waals surface area contributed by atoms with Crippen LogP contribution in [-0.2, 0) is 4.79 Å². The van der Waals surface area contributed by atoms with Gasteiger partial charge in [0.1, 0.15) is 0 Å². The molecule has 1 unspecified atom stereocenters. The van der Waals surface area contributed by atoms with Crippen LogP contribution in [0.5, 0.6) is 0 Å². The molecule has 1 aromatic rings. The molecule has 1 aliphatic rings. The molecule has 3 heteroatoms. The Labute approximate surface area is 75.6 Å². The van der Waals surface area contributed by atoms with Crippen LogP contribution in [0.1, 0.15) is 22.8 Å². The lowest BCUT2D eigenvalue weighted by molar-refractivity contribution is -0.119. The van der Waals surface area contributed by atoms with Crippen molar-refractivity contribution in [1.82, 2.24) is 5.32 Å². The van der Waals surface area contributed by atoms with Crippen molar-refractivity contribution in [2.45, 2.75) is 19.3 Å². The Morgan fingerprint density at radius 1 is 1.67 bits per heavy atom. The van der Waals surface area contributed by atoms with Crippen LogP contribution in [0.25, 0.3) is 0 Å². The minimum Gasteiger partial charge on any atom is -0.355 e. The molecule has 2 rings (SSSR count). The average molecular weight is 181 g/mol. The lowest BCUT2D eigenvalue weighted by atomic mass is 10.0. The largest absolute Gasteiger partial charge is 0.355 e. The van der Waals surface area contributed by atoms with Crippen LogP contribution >= 0.6 is 11.3 Å². The van der Waals surface area contributed by atoms with Gasteiger partial charge < -0.3 is 5.32 Å². The SMILES string of the molecule is Cc1ccsc1C1CNC(=O)C1.